The van der Waals surface area contributed by atoms with Gasteiger partial charge in [-0.15, -0.1) is 0 Å². The van der Waals surface area contributed by atoms with Gasteiger partial charge >= 0.3 is 0 Å². The normalized spacial score (nSPS) is 16.9. The van der Waals surface area contributed by atoms with Crippen molar-refractivity contribution in [1.29, 1.82) is 0 Å². The third-order valence-corrected chi connectivity index (χ3v) is 7.99. The van der Waals surface area contributed by atoms with Crippen LogP contribution < -0.4 is 20.3 Å². The summed E-state index contributed by atoms with van der Waals surface area (Å²) in [4.78, 5) is 22.7. The van der Waals surface area contributed by atoms with Crippen molar-refractivity contribution in [2.45, 2.75) is 25.9 Å². The summed E-state index contributed by atoms with van der Waals surface area (Å²) < 4.78 is 6.73. The molecule has 1 aliphatic heterocycles. The number of benzene rings is 2. The van der Waals surface area contributed by atoms with E-state index in [0.29, 0.717) is 16.5 Å². The zero-order chi connectivity index (χ0) is 25.9. The van der Waals surface area contributed by atoms with Crippen LogP contribution in [0.4, 0.5) is 11.4 Å². The summed E-state index contributed by atoms with van der Waals surface area (Å²) in [6, 6.07) is 22.7. The van der Waals surface area contributed by atoms with Crippen LogP contribution in [-0.2, 0) is 4.79 Å². The Bertz CT molecular complexity index is 1410. The molecule has 0 unspecified atom stereocenters. The van der Waals surface area contributed by atoms with Gasteiger partial charge in [0.25, 0.3) is 5.91 Å². The average molecular weight is 624 g/mol. The molecule has 4 aromatic rings. The number of halogens is 1. The van der Waals surface area contributed by atoms with Crippen molar-refractivity contribution in [3.8, 4) is 5.75 Å². The molecule has 0 saturated carbocycles. The first kappa shape index (κ1) is 25.2. The highest BCUT2D eigenvalue weighted by Crippen LogP contribution is 2.44. The average Bonchev–Trinajstić information content (AvgIpc) is 3.38. The third-order valence-electron chi connectivity index (χ3n) is 6.28. The first-order chi connectivity index (χ1) is 17.9. The fourth-order valence-electron chi connectivity index (χ4n) is 4.62. The van der Waals surface area contributed by atoms with Crippen LogP contribution in [0.3, 0.4) is 0 Å². The second kappa shape index (κ2) is 10.9. The first-order valence-corrected chi connectivity index (χ1v) is 13.3. The molecule has 7 nitrogen and oxygen atoms in total. The smallest absolute Gasteiger partial charge is 0.262 e. The fraction of sp³-hybridized carbons (Fsp3) is 0.179. The molecule has 1 amide bonds. The van der Waals surface area contributed by atoms with Crippen molar-refractivity contribution in [3.63, 3.8) is 0 Å². The van der Waals surface area contributed by atoms with Gasteiger partial charge in [-0.2, -0.15) is 0 Å². The zero-order valence-corrected chi connectivity index (χ0v) is 23.3. The van der Waals surface area contributed by atoms with E-state index in [1.54, 1.807) is 6.20 Å². The van der Waals surface area contributed by atoms with Gasteiger partial charge < -0.3 is 25.3 Å². The second-order valence-corrected chi connectivity index (χ2v) is 10.3. The van der Waals surface area contributed by atoms with E-state index in [4.69, 9.17) is 17.0 Å². The molecule has 5 rings (SSSR count). The van der Waals surface area contributed by atoms with Gasteiger partial charge in [0.2, 0.25) is 0 Å². The number of hydrogen-bond acceptors (Lipinski definition) is 4. The van der Waals surface area contributed by atoms with Gasteiger partial charge in [-0.25, -0.2) is 0 Å². The molecule has 1 fully saturated rings. The minimum Gasteiger partial charge on any atom is -0.484 e. The Kier molecular flexibility index (Phi) is 7.43. The summed E-state index contributed by atoms with van der Waals surface area (Å²) in [6.45, 7) is 4.11. The number of ether oxygens (including phenoxy) is 1. The Labute approximate surface area is 234 Å². The van der Waals surface area contributed by atoms with Crippen molar-refractivity contribution in [1.82, 2.24) is 15.3 Å². The highest BCUT2D eigenvalue weighted by atomic mass is 127. The molecular formula is C28H26IN5O2S. The number of carbonyl (C=O) groups is 1. The molecule has 0 bridgehead atoms. The summed E-state index contributed by atoms with van der Waals surface area (Å²) in [5.41, 5.74) is 5.95. The molecule has 1 saturated heterocycles. The van der Waals surface area contributed by atoms with Crippen LogP contribution in [0.25, 0.3) is 0 Å². The number of hydrogen-bond donors (Lipinski definition) is 3. The van der Waals surface area contributed by atoms with Crippen molar-refractivity contribution in [3.05, 3.63) is 105 Å². The molecule has 3 N–H and O–H groups in total. The molecule has 0 radical (unpaired) electrons. The predicted octanol–water partition coefficient (Wildman–Crippen LogP) is 5.83. The Morgan fingerprint density at radius 2 is 1.78 bits per heavy atom. The lowest BCUT2D eigenvalue weighted by atomic mass is 9.96. The summed E-state index contributed by atoms with van der Waals surface area (Å²) in [6.07, 6.45) is 1.80. The van der Waals surface area contributed by atoms with E-state index in [1.165, 1.54) is 9.13 Å². The molecular weight excluding hydrogens is 597 g/mol. The summed E-state index contributed by atoms with van der Waals surface area (Å²) >= 11 is 8.24. The van der Waals surface area contributed by atoms with E-state index in [-0.39, 0.29) is 24.6 Å². The van der Waals surface area contributed by atoms with Crippen LogP contribution in [0, 0.1) is 17.4 Å². The number of rotatable bonds is 7. The number of aromatic amines is 1. The van der Waals surface area contributed by atoms with E-state index in [9.17, 15) is 4.79 Å². The van der Waals surface area contributed by atoms with Crippen molar-refractivity contribution in [2.75, 3.05) is 16.8 Å². The van der Waals surface area contributed by atoms with Gasteiger partial charge in [-0.3, -0.25) is 9.78 Å². The number of thiocarbonyl (C=S) groups is 1. The minimum atomic E-state index is -0.226. The molecule has 37 heavy (non-hydrogen) atoms. The van der Waals surface area contributed by atoms with E-state index >= 15 is 0 Å². The van der Waals surface area contributed by atoms with Gasteiger partial charge in [0.1, 0.15) is 5.75 Å². The maximum atomic E-state index is 12.4. The first-order valence-electron chi connectivity index (χ1n) is 11.9. The Hall–Kier alpha value is -3.44. The van der Waals surface area contributed by atoms with Crippen LogP contribution in [0.5, 0.6) is 5.75 Å². The number of amides is 1. The SMILES string of the molecule is Cc1[nH]c(C)c([C@H]2[C@H](c3ccccn3)NC(=S)N2c2ccc(NC(=O)COc3ccccc3)cc2)c1I. The number of aromatic nitrogens is 2. The molecule has 0 aliphatic carbocycles. The summed E-state index contributed by atoms with van der Waals surface area (Å²) in [5.74, 6) is 0.428. The largest absolute Gasteiger partial charge is 0.484 e. The highest BCUT2D eigenvalue weighted by molar-refractivity contribution is 14.1. The van der Waals surface area contributed by atoms with Crippen LogP contribution in [0.15, 0.2) is 79.0 Å². The lowest BCUT2D eigenvalue weighted by molar-refractivity contribution is -0.118. The Balaban J connectivity index is 1.39. The quantitative estimate of drug-likeness (QED) is 0.178. The number of nitrogens with zero attached hydrogens (tertiary/aromatic N) is 2. The second-order valence-electron chi connectivity index (χ2n) is 8.80. The van der Waals surface area contributed by atoms with Crippen molar-refractivity contribution < 1.29 is 9.53 Å². The number of aryl methyl sites for hydroxylation is 2. The number of nitrogens with one attached hydrogen (secondary N) is 3. The van der Waals surface area contributed by atoms with Crippen LogP contribution in [0.1, 0.15) is 34.7 Å². The van der Waals surface area contributed by atoms with E-state index in [0.717, 1.165) is 22.8 Å². The number of para-hydroxylation sites is 1. The lowest BCUT2D eigenvalue weighted by Crippen LogP contribution is -2.29. The van der Waals surface area contributed by atoms with Gasteiger partial charge in [-0.05, 0) is 97.2 Å². The maximum absolute atomic E-state index is 12.4. The molecule has 2 atom stereocenters. The third kappa shape index (κ3) is 5.33. The van der Waals surface area contributed by atoms with Gasteiger partial charge in [0.05, 0.1) is 17.8 Å². The molecule has 2 aromatic heterocycles. The standard InChI is InChI=1S/C28H26IN5O2S/c1-17-24(25(29)18(2)31-17)27-26(22-10-6-7-15-30-22)33-28(37)34(27)20-13-11-19(12-14-20)32-23(35)16-36-21-8-4-3-5-9-21/h3-15,26-27,31H,16H2,1-2H3,(H,32,35)(H,33,37)/t26-,27-/m0/s1. The van der Waals surface area contributed by atoms with E-state index in [1.807, 2.05) is 72.8 Å². The number of anilines is 2. The minimum absolute atomic E-state index is 0.0652. The highest BCUT2D eigenvalue weighted by Gasteiger charge is 2.43. The topological polar surface area (TPSA) is 82.3 Å². The van der Waals surface area contributed by atoms with Gasteiger partial charge in [0.15, 0.2) is 11.7 Å². The zero-order valence-electron chi connectivity index (χ0n) is 20.4. The van der Waals surface area contributed by atoms with Crippen LogP contribution >= 0.6 is 34.8 Å². The number of carbonyl (C=O) groups excluding carboxylic acids is 1. The molecule has 9 heteroatoms. The number of H-pyrrole nitrogens is 1. The molecule has 0 spiro atoms. The van der Waals surface area contributed by atoms with E-state index < -0.39 is 0 Å². The monoisotopic (exact) mass is 623 g/mol. The molecule has 188 valence electrons. The maximum Gasteiger partial charge on any atom is 0.262 e. The van der Waals surface area contributed by atoms with Gasteiger partial charge in [0, 0.05) is 38.1 Å². The molecule has 1 aliphatic rings. The van der Waals surface area contributed by atoms with Crippen molar-refractivity contribution >= 4 is 57.2 Å². The number of pyridine rings is 1. The fourth-order valence-corrected chi connectivity index (χ4v) is 5.82. The van der Waals surface area contributed by atoms with Crippen LogP contribution in [0.2, 0.25) is 0 Å². The predicted molar refractivity (Wildman–Crippen MR) is 158 cm³/mol. The Morgan fingerprint density at radius 3 is 2.43 bits per heavy atom. The summed E-state index contributed by atoms with van der Waals surface area (Å²) in [7, 11) is 0. The van der Waals surface area contributed by atoms with Crippen molar-refractivity contribution in [2.24, 2.45) is 0 Å². The van der Waals surface area contributed by atoms with Crippen LogP contribution in [-0.4, -0.2) is 27.6 Å². The lowest BCUT2D eigenvalue weighted by Gasteiger charge is -2.28. The summed E-state index contributed by atoms with van der Waals surface area (Å²) in [5, 5.41) is 7.02. The van der Waals surface area contributed by atoms with Gasteiger partial charge in [-0.1, -0.05) is 24.3 Å². The van der Waals surface area contributed by atoms with E-state index in [2.05, 4.69) is 61.9 Å². The Morgan fingerprint density at radius 1 is 1.05 bits per heavy atom. The molecule has 2 aromatic carbocycles. The molecule has 3 heterocycles.